The number of hydrogen-bond acceptors (Lipinski definition) is 7. The van der Waals surface area contributed by atoms with Gasteiger partial charge >= 0.3 is 0 Å². The number of nitro groups is 1. The summed E-state index contributed by atoms with van der Waals surface area (Å²) in [6.45, 7) is 0.461. The van der Waals surface area contributed by atoms with Crippen molar-refractivity contribution in [2.75, 3.05) is 13.1 Å². The number of carbonyl (C=O) groups excluding carboxylic acids is 2. The molecule has 2 amide bonds. The summed E-state index contributed by atoms with van der Waals surface area (Å²) in [5.41, 5.74) is 13.6. The number of nitrogens with zero attached hydrogens (tertiary/aromatic N) is 2. The van der Waals surface area contributed by atoms with E-state index in [4.69, 9.17) is 16.7 Å². The van der Waals surface area contributed by atoms with E-state index in [0.717, 1.165) is 0 Å². The van der Waals surface area contributed by atoms with Crippen molar-refractivity contribution in [3.8, 4) is 0 Å². The van der Waals surface area contributed by atoms with E-state index in [0.29, 0.717) is 19.4 Å². The van der Waals surface area contributed by atoms with Crippen LogP contribution in [0.15, 0.2) is 4.99 Å². The third-order valence-corrected chi connectivity index (χ3v) is 2.51. The second kappa shape index (κ2) is 11.2. The zero-order valence-corrected chi connectivity index (χ0v) is 11.9. The molecule has 0 saturated heterocycles. The Morgan fingerprint density at radius 2 is 2.05 bits per heavy atom. The second-order valence-corrected chi connectivity index (χ2v) is 4.27. The largest absolute Gasteiger partial charge is 0.365 e. The summed E-state index contributed by atoms with van der Waals surface area (Å²) in [6.07, 6.45) is 1.14. The Bertz CT molecular complexity index is 414. The minimum absolute atomic E-state index is 0.112. The molecule has 12 nitrogen and oxygen atoms in total. The van der Waals surface area contributed by atoms with Crippen LogP contribution < -0.4 is 27.7 Å². The third-order valence-electron chi connectivity index (χ3n) is 2.51. The zero-order valence-electron chi connectivity index (χ0n) is 11.9. The monoisotopic (exact) mass is 319 g/mol. The molecule has 8 N–H and O–H groups in total. The van der Waals surface area contributed by atoms with Gasteiger partial charge < -0.3 is 16.8 Å². The first-order valence-corrected chi connectivity index (χ1v) is 6.55. The van der Waals surface area contributed by atoms with Gasteiger partial charge in [-0.3, -0.25) is 14.8 Å². The molecule has 0 aliphatic heterocycles. The zero-order chi connectivity index (χ0) is 17.0. The molecule has 0 aromatic rings. The highest BCUT2D eigenvalue weighted by molar-refractivity contribution is 5.86. The van der Waals surface area contributed by atoms with Gasteiger partial charge in [0.25, 0.3) is 11.9 Å². The number of hydrazine groups is 1. The highest BCUT2D eigenvalue weighted by atomic mass is 16.7. The summed E-state index contributed by atoms with van der Waals surface area (Å²) in [5.74, 6) is -1.49. The Hall–Kier alpha value is -2.47. The van der Waals surface area contributed by atoms with Gasteiger partial charge in [-0.2, -0.15) is 0 Å². The number of hydrogen-bond donors (Lipinski definition) is 6. The van der Waals surface area contributed by atoms with Crippen molar-refractivity contribution >= 4 is 17.8 Å². The van der Waals surface area contributed by atoms with Crippen molar-refractivity contribution in [1.29, 1.82) is 0 Å². The number of rotatable bonds is 10. The van der Waals surface area contributed by atoms with Gasteiger partial charge in [-0.25, -0.2) is 20.6 Å². The van der Waals surface area contributed by atoms with Crippen LogP contribution in [0.2, 0.25) is 0 Å². The lowest BCUT2D eigenvalue weighted by Crippen LogP contribution is -2.46. The minimum atomic E-state index is -0.935. The first-order valence-electron chi connectivity index (χ1n) is 6.55. The lowest BCUT2D eigenvalue weighted by atomic mass is 10.1. The molecule has 126 valence electrons. The van der Waals surface area contributed by atoms with Crippen molar-refractivity contribution in [3.05, 3.63) is 10.1 Å². The molecule has 0 radical (unpaired) electrons. The summed E-state index contributed by atoms with van der Waals surface area (Å²) in [7, 11) is 0. The predicted octanol–water partition coefficient (Wildman–Crippen LogP) is -2.41. The normalized spacial score (nSPS) is 12.4. The first kappa shape index (κ1) is 19.5. The van der Waals surface area contributed by atoms with E-state index in [1.807, 2.05) is 0 Å². The maximum Gasteiger partial charge on any atom is 0.265 e. The smallest absolute Gasteiger partial charge is 0.265 e. The molecule has 12 heteroatoms. The highest BCUT2D eigenvalue weighted by Gasteiger charge is 2.19. The number of carbonyl (C=O) groups is 2. The van der Waals surface area contributed by atoms with Crippen LogP contribution in [0, 0.1) is 10.1 Å². The number of hydroxylamine groups is 1. The number of nitrogens with one attached hydrogen (secondary N) is 3. The standard InChI is InChI=1S/C10H21N7O5/c11-5-1-4-8(18)14-7(9(19)16-20)3-2-6-13-10(12)15-17(21)22/h7,20H,1-6,11H2,(H,14,18)(H,16,19)(H3,12,13,15)/t7-/m0/s1. The molecule has 0 fully saturated rings. The fourth-order valence-electron chi connectivity index (χ4n) is 1.50. The van der Waals surface area contributed by atoms with Gasteiger partial charge in [0.15, 0.2) is 5.03 Å². The lowest BCUT2D eigenvalue weighted by molar-refractivity contribution is -0.525. The average molecular weight is 319 g/mol. The molecule has 0 aliphatic rings. The Morgan fingerprint density at radius 1 is 1.36 bits per heavy atom. The minimum Gasteiger partial charge on any atom is -0.365 e. The average Bonchev–Trinajstić information content (AvgIpc) is 2.46. The first-order chi connectivity index (χ1) is 10.4. The van der Waals surface area contributed by atoms with E-state index in [9.17, 15) is 19.7 Å². The van der Waals surface area contributed by atoms with Crippen LogP contribution in [0.4, 0.5) is 0 Å². The molecule has 0 unspecified atom stereocenters. The molecule has 22 heavy (non-hydrogen) atoms. The fourth-order valence-corrected chi connectivity index (χ4v) is 1.50. The number of nitrogens with two attached hydrogens (primary N) is 2. The summed E-state index contributed by atoms with van der Waals surface area (Å²) < 4.78 is 0. The van der Waals surface area contributed by atoms with Gasteiger partial charge in [0, 0.05) is 13.0 Å². The van der Waals surface area contributed by atoms with Crippen LogP contribution in [0.5, 0.6) is 0 Å². The third kappa shape index (κ3) is 9.44. The van der Waals surface area contributed by atoms with Gasteiger partial charge in [-0.05, 0) is 25.8 Å². The van der Waals surface area contributed by atoms with Crippen LogP contribution in [0.1, 0.15) is 25.7 Å². The van der Waals surface area contributed by atoms with E-state index in [1.54, 1.807) is 5.43 Å². The Labute approximate surface area is 126 Å². The SMILES string of the molecule is NCCCC(=O)N[C@@H](CCCN=C(N)N[N+](=O)[O-])C(=O)NO. The van der Waals surface area contributed by atoms with E-state index in [1.165, 1.54) is 5.48 Å². The molecule has 0 aliphatic carbocycles. The van der Waals surface area contributed by atoms with Crippen molar-refractivity contribution < 1.29 is 19.8 Å². The maximum absolute atomic E-state index is 11.5. The molecule has 0 aromatic heterocycles. The molecule has 0 saturated carbocycles. The van der Waals surface area contributed by atoms with Crippen molar-refractivity contribution in [2.24, 2.45) is 16.5 Å². The predicted molar refractivity (Wildman–Crippen MR) is 76.0 cm³/mol. The van der Waals surface area contributed by atoms with Gasteiger partial charge in [-0.15, -0.1) is 0 Å². The molecular weight excluding hydrogens is 298 g/mol. The molecule has 0 heterocycles. The van der Waals surface area contributed by atoms with Crippen molar-refractivity contribution in [1.82, 2.24) is 16.2 Å². The quantitative estimate of drug-likeness (QED) is 0.0638. The molecule has 0 spiro atoms. The van der Waals surface area contributed by atoms with Crippen LogP contribution in [-0.4, -0.2) is 47.1 Å². The summed E-state index contributed by atoms with van der Waals surface area (Å²) >= 11 is 0. The highest BCUT2D eigenvalue weighted by Crippen LogP contribution is 2.00. The molecule has 0 rings (SSSR count). The molecule has 1 atom stereocenters. The topological polar surface area (TPSA) is 198 Å². The van der Waals surface area contributed by atoms with Crippen LogP contribution in [0.25, 0.3) is 0 Å². The van der Waals surface area contributed by atoms with E-state index in [2.05, 4.69) is 10.3 Å². The lowest BCUT2D eigenvalue weighted by Gasteiger charge is -2.16. The van der Waals surface area contributed by atoms with Crippen LogP contribution in [0.3, 0.4) is 0 Å². The summed E-state index contributed by atoms with van der Waals surface area (Å²) in [6, 6.07) is -0.935. The Kier molecular flexibility index (Phi) is 9.96. The van der Waals surface area contributed by atoms with E-state index in [-0.39, 0.29) is 31.3 Å². The second-order valence-electron chi connectivity index (χ2n) is 4.27. The van der Waals surface area contributed by atoms with Gasteiger partial charge in [0.2, 0.25) is 5.91 Å². The molecular formula is C10H21N7O5. The van der Waals surface area contributed by atoms with Crippen LogP contribution in [-0.2, 0) is 9.59 Å². The van der Waals surface area contributed by atoms with Gasteiger partial charge in [0.05, 0.1) is 0 Å². The molecule has 0 aromatic carbocycles. The number of aliphatic imine (C=N–C) groups is 1. The van der Waals surface area contributed by atoms with Crippen molar-refractivity contribution in [3.63, 3.8) is 0 Å². The number of amides is 2. The van der Waals surface area contributed by atoms with E-state index >= 15 is 0 Å². The molecule has 0 bridgehead atoms. The van der Waals surface area contributed by atoms with Crippen molar-refractivity contribution in [2.45, 2.75) is 31.7 Å². The van der Waals surface area contributed by atoms with E-state index < -0.39 is 17.0 Å². The van der Waals surface area contributed by atoms with Gasteiger partial charge in [0.1, 0.15) is 6.04 Å². The Morgan fingerprint density at radius 3 is 2.59 bits per heavy atom. The Balaban J connectivity index is 4.28. The van der Waals surface area contributed by atoms with Gasteiger partial charge in [-0.1, -0.05) is 5.43 Å². The summed E-state index contributed by atoms with van der Waals surface area (Å²) in [4.78, 5) is 36.7. The van der Waals surface area contributed by atoms with Crippen LogP contribution >= 0.6 is 0 Å². The number of guanidine groups is 1. The fraction of sp³-hybridized carbons (Fsp3) is 0.700. The maximum atomic E-state index is 11.5. The summed E-state index contributed by atoms with van der Waals surface area (Å²) in [5, 5.41) is 20.3.